The molecule has 1 fully saturated rings. The van der Waals surface area contributed by atoms with Gasteiger partial charge in [-0.2, -0.15) is 13.2 Å². The number of hydrogen-bond acceptors (Lipinski definition) is 1. The van der Waals surface area contributed by atoms with E-state index in [1.54, 1.807) is 0 Å². The quantitative estimate of drug-likeness (QED) is 0.210. The lowest BCUT2D eigenvalue weighted by atomic mass is 9.92. The van der Waals surface area contributed by atoms with Crippen LogP contribution in [0.15, 0.2) is 47.5 Å². The fourth-order valence-electron chi connectivity index (χ4n) is 4.97. The average molecular weight is 513 g/mol. The molecule has 0 bridgehead atoms. The number of alkyl halides is 3. The van der Waals surface area contributed by atoms with Gasteiger partial charge in [0.1, 0.15) is 5.92 Å². The van der Waals surface area contributed by atoms with Crippen molar-refractivity contribution >= 4 is 40.3 Å². The van der Waals surface area contributed by atoms with Gasteiger partial charge in [0.2, 0.25) is 0 Å². The highest BCUT2D eigenvalue weighted by atomic mass is 35.5. The Bertz CT molecular complexity index is 1360. The van der Waals surface area contributed by atoms with Gasteiger partial charge in [0.25, 0.3) is 0 Å². The maximum absolute atomic E-state index is 13.3. The predicted octanol–water partition coefficient (Wildman–Crippen LogP) is 6.86. The highest BCUT2D eigenvalue weighted by Crippen LogP contribution is 2.33. The van der Waals surface area contributed by atoms with E-state index in [0.29, 0.717) is 27.9 Å². The summed E-state index contributed by atoms with van der Waals surface area (Å²) in [5, 5.41) is 12.8. The van der Waals surface area contributed by atoms with Crippen LogP contribution in [0.4, 0.5) is 13.2 Å². The monoisotopic (exact) mass is 512 g/mol. The van der Waals surface area contributed by atoms with Crippen molar-refractivity contribution in [3.05, 3.63) is 63.5 Å². The van der Waals surface area contributed by atoms with E-state index in [4.69, 9.17) is 23.0 Å². The van der Waals surface area contributed by atoms with Crippen molar-refractivity contribution in [1.82, 2.24) is 4.57 Å². The van der Waals surface area contributed by atoms with Gasteiger partial charge in [0.15, 0.2) is 0 Å². The van der Waals surface area contributed by atoms with Gasteiger partial charge in [-0.15, -0.1) is 6.42 Å². The van der Waals surface area contributed by atoms with Crippen molar-refractivity contribution in [2.45, 2.75) is 64.6 Å². The molecule has 0 saturated heterocycles. The van der Waals surface area contributed by atoms with Crippen molar-refractivity contribution in [2.24, 2.45) is 16.8 Å². The Morgan fingerprint density at radius 3 is 2.61 bits per heavy atom. The molecule has 0 amide bonds. The molecule has 0 spiro atoms. The maximum Gasteiger partial charge on any atom is 0.402 e. The van der Waals surface area contributed by atoms with Gasteiger partial charge in [0.05, 0.1) is 16.6 Å². The zero-order chi connectivity index (χ0) is 26.5. The zero-order valence-corrected chi connectivity index (χ0v) is 21.3. The molecule has 3 nitrogen and oxygen atoms in total. The molecule has 3 rings (SSSR count). The van der Waals surface area contributed by atoms with Gasteiger partial charge in [-0.3, -0.25) is 10.9 Å². The number of nitrogens with zero attached hydrogens (tertiary/aromatic N) is 3. The van der Waals surface area contributed by atoms with Crippen LogP contribution in [-0.2, 0) is 0 Å². The minimum atomic E-state index is -4.50. The number of fused-ring (bicyclic) bond motifs is 1. The summed E-state index contributed by atoms with van der Waals surface area (Å²) < 4.78 is 42.1. The molecular formula is C29H30ClF3N3-. The standard InChI is InChI=1S/C29H30ClF3N3/c1-5-10-26(35-18-20(6-2)15-19(4)25(7-3)29(31,32)33)28-24(17-34)23-16-21(30)13-14-27(23)36(28)22-11-8-9-12-22/h3,6,13-16,18-19,22,25H,2,5,8-12H2,1,4H3/q-1. The van der Waals surface area contributed by atoms with E-state index in [1.165, 1.54) is 25.3 Å². The SMILES string of the molecule is C#CC(C(C)C=C(C=C)C=NC(CCC)=c1c(=C=[N-])c2cc(Cl)ccc2n1C1CCCC1)C(F)(F)F. The molecule has 2 unspecified atom stereocenters. The van der Waals surface area contributed by atoms with Crippen LogP contribution in [0.2, 0.25) is 5.02 Å². The third-order valence-corrected chi connectivity index (χ3v) is 6.88. The van der Waals surface area contributed by atoms with E-state index in [1.807, 2.05) is 31.0 Å². The average Bonchev–Trinajstić information content (AvgIpc) is 3.45. The lowest BCUT2D eigenvalue weighted by Crippen LogP contribution is -2.34. The third-order valence-electron chi connectivity index (χ3n) is 6.65. The molecule has 36 heavy (non-hydrogen) atoms. The van der Waals surface area contributed by atoms with Crippen LogP contribution in [0.25, 0.3) is 22.0 Å². The second-order valence-corrected chi connectivity index (χ2v) is 9.61. The van der Waals surface area contributed by atoms with Gasteiger partial charge in [-0.25, -0.2) is 0 Å². The van der Waals surface area contributed by atoms with Crippen LogP contribution >= 0.6 is 11.6 Å². The Balaban J connectivity index is 2.25. The van der Waals surface area contributed by atoms with Gasteiger partial charge in [-0.05, 0) is 49.0 Å². The lowest BCUT2D eigenvalue weighted by Gasteiger charge is -2.19. The molecule has 7 heteroatoms. The van der Waals surface area contributed by atoms with Crippen molar-refractivity contribution in [1.29, 1.82) is 0 Å². The lowest BCUT2D eigenvalue weighted by molar-refractivity contribution is -0.165. The van der Waals surface area contributed by atoms with Crippen molar-refractivity contribution < 1.29 is 13.2 Å². The van der Waals surface area contributed by atoms with Crippen LogP contribution in [0, 0.1) is 24.2 Å². The van der Waals surface area contributed by atoms with E-state index < -0.39 is 18.0 Å². The van der Waals surface area contributed by atoms with Gasteiger partial charge < -0.3 is 9.98 Å². The molecular weight excluding hydrogens is 483 g/mol. The highest BCUT2D eigenvalue weighted by Gasteiger charge is 2.41. The fraction of sp³-hybridized carbons (Fsp3) is 0.414. The molecule has 1 aliphatic carbocycles. The molecule has 190 valence electrons. The highest BCUT2D eigenvalue weighted by molar-refractivity contribution is 6.31. The number of aromatic nitrogens is 1. The number of benzene rings is 1. The smallest absolute Gasteiger partial charge is 0.402 e. The first-order valence-electron chi connectivity index (χ1n) is 12.2. The number of aliphatic imine (C=N–C) groups is 1. The predicted molar refractivity (Wildman–Crippen MR) is 144 cm³/mol. The van der Waals surface area contributed by atoms with E-state index in [9.17, 15) is 18.6 Å². The molecule has 1 aromatic carbocycles. The second kappa shape index (κ2) is 11.8. The van der Waals surface area contributed by atoms with E-state index in [0.717, 1.165) is 48.4 Å². The number of rotatable bonds is 8. The summed E-state index contributed by atoms with van der Waals surface area (Å²) in [4.78, 5) is 4.73. The summed E-state index contributed by atoms with van der Waals surface area (Å²) in [5.41, 5.74) is 2.08. The Morgan fingerprint density at radius 1 is 1.36 bits per heavy atom. The number of halogens is 4. The van der Waals surface area contributed by atoms with Gasteiger partial charge in [-0.1, -0.05) is 69.4 Å². The van der Waals surface area contributed by atoms with Gasteiger partial charge in [0, 0.05) is 27.9 Å². The first kappa shape index (κ1) is 27.6. The molecule has 0 N–H and O–H groups in total. The van der Waals surface area contributed by atoms with Crippen molar-refractivity contribution in [2.75, 3.05) is 0 Å². The summed E-state index contributed by atoms with van der Waals surface area (Å²) in [6.45, 7) is 7.20. The van der Waals surface area contributed by atoms with Gasteiger partial charge >= 0.3 is 6.18 Å². The Morgan fingerprint density at radius 2 is 2.06 bits per heavy atom. The van der Waals surface area contributed by atoms with Crippen molar-refractivity contribution in [3.63, 3.8) is 0 Å². The fourth-order valence-corrected chi connectivity index (χ4v) is 5.14. The molecule has 1 saturated carbocycles. The summed E-state index contributed by atoms with van der Waals surface area (Å²) in [5.74, 6) is 1.36. The Labute approximate surface area is 215 Å². The van der Waals surface area contributed by atoms with E-state index >= 15 is 0 Å². The topological polar surface area (TPSA) is 39.6 Å². The number of hydrogen-bond donors (Lipinski definition) is 0. The Kier molecular flexibility index (Phi) is 9.06. The minimum Gasteiger partial charge on any atom is -0.763 e. The number of allylic oxidation sites excluding steroid dienone is 3. The molecule has 1 aromatic heterocycles. The minimum absolute atomic E-state index is 0.241. The number of terminal acetylenes is 1. The molecule has 2 atom stereocenters. The van der Waals surface area contributed by atoms with Crippen LogP contribution in [0.1, 0.15) is 58.4 Å². The molecule has 0 aliphatic heterocycles. The summed E-state index contributed by atoms with van der Waals surface area (Å²) in [6, 6.07) is 5.82. The van der Waals surface area contributed by atoms with E-state index in [2.05, 4.69) is 17.0 Å². The Hall–Kier alpha value is -3.00. The van der Waals surface area contributed by atoms with Crippen LogP contribution in [0.5, 0.6) is 0 Å². The molecule has 0 radical (unpaired) electrons. The maximum atomic E-state index is 13.3. The summed E-state index contributed by atoms with van der Waals surface area (Å²) in [7, 11) is 0. The second-order valence-electron chi connectivity index (χ2n) is 9.18. The molecule has 2 aromatic rings. The van der Waals surface area contributed by atoms with Crippen LogP contribution in [-0.4, -0.2) is 22.8 Å². The van der Waals surface area contributed by atoms with Crippen LogP contribution < -0.4 is 10.6 Å². The summed E-state index contributed by atoms with van der Waals surface area (Å²) >= 11 is 6.28. The molecule has 1 aliphatic rings. The largest absolute Gasteiger partial charge is 0.763 e. The summed E-state index contributed by atoms with van der Waals surface area (Å²) in [6.07, 6.45) is 10.7. The molecule has 1 heterocycles. The zero-order valence-electron chi connectivity index (χ0n) is 20.6. The normalized spacial score (nSPS) is 17.8. The first-order chi connectivity index (χ1) is 17.2. The third kappa shape index (κ3) is 5.86. The van der Waals surface area contributed by atoms with Crippen molar-refractivity contribution in [3.8, 4) is 12.3 Å². The van der Waals surface area contributed by atoms with Crippen LogP contribution in [0.3, 0.4) is 0 Å². The van der Waals surface area contributed by atoms with E-state index in [-0.39, 0.29) is 6.04 Å². The first-order valence-corrected chi connectivity index (χ1v) is 12.5.